The quantitative estimate of drug-likeness (QED) is 0.622. The van der Waals surface area contributed by atoms with Crippen LogP contribution in [0.25, 0.3) is 0 Å². The van der Waals surface area contributed by atoms with Crippen molar-refractivity contribution in [2.45, 2.75) is 63.3 Å². The van der Waals surface area contributed by atoms with E-state index in [-0.39, 0.29) is 24.3 Å². The Balaban J connectivity index is 1.64. The van der Waals surface area contributed by atoms with Gasteiger partial charge in [-0.2, -0.15) is 0 Å². The lowest BCUT2D eigenvalue weighted by molar-refractivity contribution is -0.128. The SMILES string of the molecule is CCOC(=O)c1c(NC(=O)C2CCC(=O)N2S(=O)(=O)c2ccc(C)cc2)sc2c1CCCC2. The Hall–Kier alpha value is -2.72. The summed E-state index contributed by atoms with van der Waals surface area (Å²) in [7, 11) is -4.19. The zero-order chi connectivity index (χ0) is 23.8. The van der Waals surface area contributed by atoms with Crippen LogP contribution in [0.15, 0.2) is 29.2 Å². The predicted octanol–water partition coefficient (Wildman–Crippen LogP) is 3.43. The molecule has 1 aliphatic carbocycles. The number of ether oxygens (including phenoxy) is 1. The third kappa shape index (κ3) is 4.41. The molecular weight excluding hydrogens is 464 g/mol. The van der Waals surface area contributed by atoms with Crippen molar-refractivity contribution in [3.05, 3.63) is 45.8 Å². The number of sulfonamides is 1. The summed E-state index contributed by atoms with van der Waals surface area (Å²) in [6.45, 7) is 3.75. The van der Waals surface area contributed by atoms with Crippen molar-refractivity contribution in [1.29, 1.82) is 0 Å². The van der Waals surface area contributed by atoms with Gasteiger partial charge < -0.3 is 10.1 Å². The molecule has 0 saturated carbocycles. The van der Waals surface area contributed by atoms with E-state index in [1.54, 1.807) is 19.1 Å². The number of carbonyl (C=O) groups is 3. The molecular formula is C23H26N2O6S2. The lowest BCUT2D eigenvalue weighted by atomic mass is 9.95. The van der Waals surface area contributed by atoms with Crippen molar-refractivity contribution in [2.24, 2.45) is 0 Å². The largest absolute Gasteiger partial charge is 0.462 e. The van der Waals surface area contributed by atoms with E-state index in [1.165, 1.54) is 23.5 Å². The van der Waals surface area contributed by atoms with Crippen LogP contribution in [0.5, 0.6) is 0 Å². The number of nitrogens with one attached hydrogen (secondary N) is 1. The first kappa shape index (κ1) is 23.4. The number of amides is 2. The van der Waals surface area contributed by atoms with E-state index >= 15 is 0 Å². The fraction of sp³-hybridized carbons (Fsp3) is 0.435. The Morgan fingerprint density at radius 2 is 1.85 bits per heavy atom. The van der Waals surface area contributed by atoms with Gasteiger partial charge in [-0.05, 0) is 63.6 Å². The van der Waals surface area contributed by atoms with Crippen LogP contribution in [0, 0.1) is 6.92 Å². The maximum Gasteiger partial charge on any atom is 0.341 e. The highest BCUT2D eigenvalue weighted by Gasteiger charge is 2.44. The van der Waals surface area contributed by atoms with E-state index in [0.717, 1.165) is 41.7 Å². The zero-order valence-electron chi connectivity index (χ0n) is 18.5. The molecule has 176 valence electrons. The van der Waals surface area contributed by atoms with Crippen LogP contribution in [0.4, 0.5) is 5.00 Å². The molecule has 1 unspecified atom stereocenters. The van der Waals surface area contributed by atoms with Crippen LogP contribution >= 0.6 is 11.3 Å². The number of thiophene rings is 1. The van der Waals surface area contributed by atoms with Gasteiger partial charge in [0.25, 0.3) is 10.0 Å². The molecule has 0 spiro atoms. The van der Waals surface area contributed by atoms with Crippen molar-refractivity contribution < 1.29 is 27.5 Å². The first-order chi connectivity index (χ1) is 15.7. The summed E-state index contributed by atoms with van der Waals surface area (Å²) in [4.78, 5) is 39.4. The predicted molar refractivity (Wildman–Crippen MR) is 124 cm³/mol. The van der Waals surface area contributed by atoms with Gasteiger partial charge in [0.05, 0.1) is 17.1 Å². The number of aryl methyl sites for hydroxylation is 2. The minimum Gasteiger partial charge on any atom is -0.462 e. The number of carbonyl (C=O) groups excluding carboxylic acids is 3. The third-order valence-corrected chi connectivity index (χ3v) is 8.98. The molecule has 1 fully saturated rings. The molecule has 0 bridgehead atoms. The maximum absolute atomic E-state index is 13.2. The number of benzene rings is 1. The second kappa shape index (κ2) is 9.26. The highest BCUT2D eigenvalue weighted by molar-refractivity contribution is 7.89. The highest BCUT2D eigenvalue weighted by atomic mass is 32.2. The van der Waals surface area contributed by atoms with Gasteiger partial charge in [-0.3, -0.25) is 9.59 Å². The average Bonchev–Trinajstić information content (AvgIpc) is 3.34. The molecule has 1 atom stereocenters. The zero-order valence-corrected chi connectivity index (χ0v) is 20.2. The van der Waals surface area contributed by atoms with E-state index in [9.17, 15) is 22.8 Å². The molecule has 1 saturated heterocycles. The normalized spacial score (nSPS) is 18.2. The first-order valence-corrected chi connectivity index (χ1v) is 13.3. The van der Waals surface area contributed by atoms with Crippen LogP contribution in [0.1, 0.15) is 59.0 Å². The maximum atomic E-state index is 13.2. The van der Waals surface area contributed by atoms with Gasteiger partial charge >= 0.3 is 5.97 Å². The summed E-state index contributed by atoms with van der Waals surface area (Å²) in [6, 6.07) is 4.96. The molecule has 0 radical (unpaired) electrons. The molecule has 1 aromatic carbocycles. The topological polar surface area (TPSA) is 110 Å². The van der Waals surface area contributed by atoms with Crippen LogP contribution in [-0.4, -0.2) is 43.2 Å². The van der Waals surface area contributed by atoms with E-state index in [0.29, 0.717) is 14.9 Å². The molecule has 2 aromatic rings. The lowest BCUT2D eigenvalue weighted by Crippen LogP contribution is -2.45. The van der Waals surface area contributed by atoms with E-state index < -0.39 is 33.8 Å². The fourth-order valence-corrected chi connectivity index (χ4v) is 7.18. The van der Waals surface area contributed by atoms with Gasteiger partial charge in [-0.15, -0.1) is 11.3 Å². The molecule has 4 rings (SSSR count). The molecule has 1 N–H and O–H groups in total. The Bertz CT molecular complexity index is 1200. The third-order valence-electron chi connectivity index (χ3n) is 5.93. The average molecular weight is 491 g/mol. The number of esters is 1. The Morgan fingerprint density at radius 1 is 1.15 bits per heavy atom. The van der Waals surface area contributed by atoms with Gasteiger partial charge in [0, 0.05) is 11.3 Å². The lowest BCUT2D eigenvalue weighted by Gasteiger charge is -2.23. The van der Waals surface area contributed by atoms with Crippen molar-refractivity contribution in [3.63, 3.8) is 0 Å². The van der Waals surface area contributed by atoms with Crippen molar-refractivity contribution in [2.75, 3.05) is 11.9 Å². The number of nitrogens with zero attached hydrogens (tertiary/aromatic N) is 1. The summed E-state index contributed by atoms with van der Waals surface area (Å²) >= 11 is 1.33. The number of rotatable bonds is 6. The van der Waals surface area contributed by atoms with Crippen LogP contribution in [0.2, 0.25) is 0 Å². The van der Waals surface area contributed by atoms with Crippen LogP contribution in [0.3, 0.4) is 0 Å². The molecule has 10 heteroatoms. The fourth-order valence-electron chi connectivity index (χ4n) is 4.29. The number of hydrogen-bond donors (Lipinski definition) is 1. The molecule has 1 aliphatic heterocycles. The summed E-state index contributed by atoms with van der Waals surface area (Å²) in [5, 5.41) is 3.11. The first-order valence-electron chi connectivity index (χ1n) is 11.0. The van der Waals surface area contributed by atoms with E-state index in [4.69, 9.17) is 4.74 Å². The van der Waals surface area contributed by atoms with Crippen LogP contribution < -0.4 is 5.32 Å². The summed E-state index contributed by atoms with van der Waals surface area (Å²) in [5.74, 6) is -1.74. The Morgan fingerprint density at radius 3 is 2.55 bits per heavy atom. The number of fused-ring (bicyclic) bond motifs is 1. The van der Waals surface area contributed by atoms with Crippen molar-refractivity contribution >= 4 is 44.1 Å². The molecule has 2 amide bonds. The standard InChI is InChI=1S/C23H26N2O6S2/c1-3-31-23(28)20-16-6-4-5-7-18(16)32-22(20)24-21(27)17-12-13-19(26)25(17)33(29,30)15-10-8-14(2)9-11-15/h8-11,17H,3-7,12-13H2,1-2H3,(H,24,27). The van der Waals surface area contributed by atoms with Gasteiger partial charge in [0.2, 0.25) is 11.8 Å². The van der Waals surface area contributed by atoms with Crippen molar-refractivity contribution in [1.82, 2.24) is 4.31 Å². The van der Waals surface area contributed by atoms with Gasteiger partial charge in [-0.25, -0.2) is 17.5 Å². The number of hydrogen-bond acceptors (Lipinski definition) is 7. The summed E-state index contributed by atoms with van der Waals surface area (Å²) in [6.07, 6.45) is 3.53. The smallest absolute Gasteiger partial charge is 0.341 e. The monoisotopic (exact) mass is 490 g/mol. The molecule has 1 aromatic heterocycles. The van der Waals surface area contributed by atoms with Gasteiger partial charge in [0.1, 0.15) is 11.0 Å². The molecule has 33 heavy (non-hydrogen) atoms. The molecule has 8 nitrogen and oxygen atoms in total. The minimum atomic E-state index is -4.19. The Labute approximate surface area is 197 Å². The van der Waals surface area contributed by atoms with E-state index in [1.807, 2.05) is 6.92 Å². The number of anilines is 1. The van der Waals surface area contributed by atoms with Crippen molar-refractivity contribution in [3.8, 4) is 0 Å². The Kier molecular flexibility index (Phi) is 6.58. The van der Waals surface area contributed by atoms with E-state index in [2.05, 4.69) is 5.32 Å². The second-order valence-corrected chi connectivity index (χ2v) is 11.1. The second-order valence-electron chi connectivity index (χ2n) is 8.19. The molecule has 2 aliphatic rings. The van der Waals surface area contributed by atoms with Gasteiger partial charge in [-0.1, -0.05) is 17.7 Å². The highest BCUT2D eigenvalue weighted by Crippen LogP contribution is 2.39. The van der Waals surface area contributed by atoms with Gasteiger partial charge in [0.15, 0.2) is 0 Å². The summed E-state index contributed by atoms with van der Waals surface area (Å²) < 4.78 is 32.3. The molecule has 2 heterocycles. The minimum absolute atomic E-state index is 0.0417. The van der Waals surface area contributed by atoms with Crippen LogP contribution in [-0.2, 0) is 37.2 Å². The summed E-state index contributed by atoms with van der Waals surface area (Å²) in [5.41, 5.74) is 2.12.